The number of nitrogens with zero attached hydrogens (tertiary/aromatic N) is 1. The van der Waals surface area contributed by atoms with Gasteiger partial charge in [0.1, 0.15) is 0 Å². The van der Waals surface area contributed by atoms with Gasteiger partial charge in [-0.3, -0.25) is 4.79 Å². The molecule has 1 heterocycles. The lowest BCUT2D eigenvalue weighted by Crippen LogP contribution is -2.40. The fourth-order valence-corrected chi connectivity index (χ4v) is 3.12. The summed E-state index contributed by atoms with van der Waals surface area (Å²) in [5.41, 5.74) is 3.88. The van der Waals surface area contributed by atoms with Crippen molar-refractivity contribution in [3.63, 3.8) is 0 Å². The van der Waals surface area contributed by atoms with Gasteiger partial charge in [0, 0.05) is 25.6 Å². The summed E-state index contributed by atoms with van der Waals surface area (Å²) in [4.78, 5) is 14.4. The van der Waals surface area contributed by atoms with Gasteiger partial charge in [-0.25, -0.2) is 0 Å². The molecule has 1 unspecified atom stereocenters. The van der Waals surface area contributed by atoms with Crippen molar-refractivity contribution >= 4 is 5.91 Å². The molecule has 1 atom stereocenters. The van der Waals surface area contributed by atoms with Crippen molar-refractivity contribution in [3.05, 3.63) is 34.9 Å². The Kier molecular flexibility index (Phi) is 5.18. The number of likely N-dealkylation sites (N-methyl/N-ethyl adjacent to an activating group) is 1. The van der Waals surface area contributed by atoms with Crippen molar-refractivity contribution < 1.29 is 4.79 Å². The van der Waals surface area contributed by atoms with Crippen molar-refractivity contribution in [2.75, 3.05) is 20.1 Å². The molecule has 0 aliphatic carbocycles. The zero-order valence-corrected chi connectivity index (χ0v) is 12.9. The predicted octanol–water partition coefficient (Wildman–Crippen LogP) is 2.45. The highest BCUT2D eigenvalue weighted by atomic mass is 16.2. The molecule has 110 valence electrons. The molecule has 0 bridgehead atoms. The summed E-state index contributed by atoms with van der Waals surface area (Å²) in [5.74, 6) is 0.308. The largest absolute Gasteiger partial charge is 0.338 e. The topological polar surface area (TPSA) is 32.3 Å². The number of amides is 1. The van der Waals surface area contributed by atoms with Gasteiger partial charge in [-0.15, -0.1) is 0 Å². The molecule has 1 N–H and O–H groups in total. The minimum atomic E-state index is 0.308. The fourth-order valence-electron chi connectivity index (χ4n) is 3.12. The predicted molar refractivity (Wildman–Crippen MR) is 82.9 cm³/mol. The quantitative estimate of drug-likeness (QED) is 0.894. The highest BCUT2D eigenvalue weighted by molar-refractivity contribution is 5.77. The SMILES string of the molecule is CNCC1CCCN1C(=O)CCc1ccc(C)cc1C. The molecule has 1 amide bonds. The third-order valence-corrected chi connectivity index (χ3v) is 4.24. The van der Waals surface area contributed by atoms with Gasteiger partial charge in [0.05, 0.1) is 0 Å². The molecule has 1 aliphatic rings. The smallest absolute Gasteiger partial charge is 0.223 e. The maximum Gasteiger partial charge on any atom is 0.223 e. The molecule has 2 rings (SSSR count). The lowest BCUT2D eigenvalue weighted by atomic mass is 10.0. The van der Waals surface area contributed by atoms with Crippen molar-refractivity contribution in [3.8, 4) is 0 Å². The molecule has 1 aromatic rings. The second-order valence-electron chi connectivity index (χ2n) is 5.87. The number of rotatable bonds is 5. The van der Waals surface area contributed by atoms with Gasteiger partial charge in [-0.05, 0) is 51.3 Å². The lowest BCUT2D eigenvalue weighted by Gasteiger charge is -2.24. The highest BCUT2D eigenvalue weighted by Gasteiger charge is 2.27. The van der Waals surface area contributed by atoms with Crippen LogP contribution in [0.5, 0.6) is 0 Å². The molecule has 3 nitrogen and oxygen atoms in total. The number of likely N-dealkylation sites (tertiary alicyclic amines) is 1. The number of carbonyl (C=O) groups is 1. The number of hydrogen-bond acceptors (Lipinski definition) is 2. The molecule has 1 aromatic carbocycles. The van der Waals surface area contributed by atoms with Crippen LogP contribution < -0.4 is 5.32 Å². The van der Waals surface area contributed by atoms with Gasteiger partial charge in [0.15, 0.2) is 0 Å². The minimum Gasteiger partial charge on any atom is -0.338 e. The van der Waals surface area contributed by atoms with E-state index in [1.165, 1.54) is 16.7 Å². The molecule has 0 saturated carbocycles. The van der Waals surface area contributed by atoms with E-state index in [0.717, 1.165) is 32.4 Å². The van der Waals surface area contributed by atoms with E-state index in [-0.39, 0.29) is 0 Å². The molecule has 20 heavy (non-hydrogen) atoms. The van der Waals surface area contributed by atoms with E-state index in [1.807, 2.05) is 7.05 Å². The summed E-state index contributed by atoms with van der Waals surface area (Å²) in [6, 6.07) is 6.88. The van der Waals surface area contributed by atoms with Crippen molar-refractivity contribution in [2.45, 2.75) is 45.6 Å². The maximum absolute atomic E-state index is 12.4. The molecule has 0 radical (unpaired) electrons. The molecule has 1 saturated heterocycles. The Labute approximate surface area is 122 Å². The average Bonchev–Trinajstić information content (AvgIpc) is 2.86. The summed E-state index contributed by atoms with van der Waals surface area (Å²) < 4.78 is 0. The third kappa shape index (κ3) is 3.60. The third-order valence-electron chi connectivity index (χ3n) is 4.24. The zero-order chi connectivity index (χ0) is 14.5. The minimum absolute atomic E-state index is 0.308. The lowest BCUT2D eigenvalue weighted by molar-refractivity contribution is -0.131. The van der Waals surface area contributed by atoms with Crippen molar-refractivity contribution in [1.29, 1.82) is 0 Å². The molecule has 3 heteroatoms. The molecule has 0 aromatic heterocycles. The zero-order valence-electron chi connectivity index (χ0n) is 12.9. The number of aryl methyl sites for hydroxylation is 3. The Morgan fingerprint density at radius 2 is 2.20 bits per heavy atom. The van der Waals surface area contributed by atoms with Crippen LogP contribution in [0.3, 0.4) is 0 Å². The van der Waals surface area contributed by atoms with Crippen molar-refractivity contribution in [2.24, 2.45) is 0 Å². The maximum atomic E-state index is 12.4. The van der Waals surface area contributed by atoms with Gasteiger partial charge in [0.25, 0.3) is 0 Å². The number of nitrogens with one attached hydrogen (secondary N) is 1. The van der Waals surface area contributed by atoms with Crippen LogP contribution in [0.4, 0.5) is 0 Å². The molecule has 1 fully saturated rings. The van der Waals surface area contributed by atoms with Crippen LogP contribution in [0.25, 0.3) is 0 Å². The molecule has 0 spiro atoms. The first-order chi connectivity index (χ1) is 9.61. The van der Waals surface area contributed by atoms with Gasteiger partial charge < -0.3 is 10.2 Å². The summed E-state index contributed by atoms with van der Waals surface area (Å²) in [5, 5.41) is 3.19. The summed E-state index contributed by atoms with van der Waals surface area (Å²) >= 11 is 0. The first-order valence-corrected chi connectivity index (χ1v) is 7.62. The van der Waals surface area contributed by atoms with Crippen LogP contribution in [0.2, 0.25) is 0 Å². The van der Waals surface area contributed by atoms with E-state index in [4.69, 9.17) is 0 Å². The Balaban J connectivity index is 1.91. The first-order valence-electron chi connectivity index (χ1n) is 7.62. The average molecular weight is 274 g/mol. The van der Waals surface area contributed by atoms with Crippen molar-refractivity contribution in [1.82, 2.24) is 10.2 Å². The molecule has 1 aliphatic heterocycles. The molecular weight excluding hydrogens is 248 g/mol. The van der Waals surface area contributed by atoms with E-state index >= 15 is 0 Å². The van der Waals surface area contributed by atoms with E-state index in [2.05, 4.69) is 42.3 Å². The number of hydrogen-bond donors (Lipinski definition) is 1. The molecular formula is C17H26N2O. The van der Waals surface area contributed by atoms with E-state index in [1.54, 1.807) is 0 Å². The summed E-state index contributed by atoms with van der Waals surface area (Å²) in [6.45, 7) is 6.08. The first kappa shape index (κ1) is 15.0. The van der Waals surface area contributed by atoms with Gasteiger partial charge in [0.2, 0.25) is 5.91 Å². The Morgan fingerprint density at radius 3 is 2.90 bits per heavy atom. The Hall–Kier alpha value is -1.35. The number of benzene rings is 1. The normalized spacial score (nSPS) is 18.6. The van der Waals surface area contributed by atoms with E-state index in [9.17, 15) is 4.79 Å². The summed E-state index contributed by atoms with van der Waals surface area (Å²) in [6.07, 6.45) is 3.76. The van der Waals surface area contributed by atoms with Crippen LogP contribution in [0.1, 0.15) is 36.0 Å². The van der Waals surface area contributed by atoms with E-state index in [0.29, 0.717) is 18.4 Å². The van der Waals surface area contributed by atoms with Crippen LogP contribution >= 0.6 is 0 Å². The van der Waals surface area contributed by atoms with E-state index < -0.39 is 0 Å². The van der Waals surface area contributed by atoms with Crippen LogP contribution in [0.15, 0.2) is 18.2 Å². The van der Waals surface area contributed by atoms with Crippen LogP contribution in [-0.4, -0.2) is 37.0 Å². The second kappa shape index (κ2) is 6.89. The van der Waals surface area contributed by atoms with Gasteiger partial charge in [-0.1, -0.05) is 23.8 Å². The monoisotopic (exact) mass is 274 g/mol. The highest BCUT2D eigenvalue weighted by Crippen LogP contribution is 2.19. The second-order valence-corrected chi connectivity index (χ2v) is 5.87. The number of carbonyl (C=O) groups excluding carboxylic acids is 1. The van der Waals surface area contributed by atoms with Crippen LogP contribution in [-0.2, 0) is 11.2 Å². The summed E-state index contributed by atoms with van der Waals surface area (Å²) in [7, 11) is 1.95. The van der Waals surface area contributed by atoms with Gasteiger partial charge >= 0.3 is 0 Å². The van der Waals surface area contributed by atoms with Gasteiger partial charge in [-0.2, -0.15) is 0 Å². The Bertz CT molecular complexity index is 470. The fraction of sp³-hybridized carbons (Fsp3) is 0.588. The van der Waals surface area contributed by atoms with Crippen LogP contribution in [0, 0.1) is 13.8 Å². The standard InChI is InChI=1S/C17H26N2O/c1-13-6-7-15(14(2)11-13)8-9-17(20)19-10-4-5-16(19)12-18-3/h6-7,11,16,18H,4-5,8-10,12H2,1-3H3. The Morgan fingerprint density at radius 1 is 1.40 bits per heavy atom.